The Bertz CT molecular complexity index is 1630. The van der Waals surface area contributed by atoms with Crippen LogP contribution < -0.4 is 4.90 Å². The van der Waals surface area contributed by atoms with E-state index < -0.39 is 29.9 Å². The van der Waals surface area contributed by atoms with Crippen LogP contribution in [0, 0.1) is 6.92 Å². The Balaban J connectivity index is 1.76. The Kier molecular flexibility index (Phi) is 6.05. The molecule has 3 aromatic carbocycles. The Morgan fingerprint density at radius 2 is 1.79 bits per heavy atom. The van der Waals surface area contributed by atoms with E-state index in [2.05, 4.69) is 9.97 Å². The number of aromatic amines is 1. The van der Waals surface area contributed by atoms with Crippen molar-refractivity contribution in [3.05, 3.63) is 94.5 Å². The number of benzene rings is 3. The van der Waals surface area contributed by atoms with Gasteiger partial charge < -0.3 is 14.8 Å². The number of carbonyl (C=O) groups excluding carboxylic acids is 2. The van der Waals surface area contributed by atoms with Crippen LogP contribution in [0.15, 0.2) is 66.7 Å². The fourth-order valence-electron chi connectivity index (χ4n) is 4.66. The van der Waals surface area contributed by atoms with E-state index in [1.165, 1.54) is 43.4 Å². The van der Waals surface area contributed by atoms with Crippen molar-refractivity contribution in [2.24, 2.45) is 0 Å². The monoisotopic (exact) mass is 538 g/mol. The van der Waals surface area contributed by atoms with E-state index in [9.17, 15) is 32.7 Å². The molecule has 1 aliphatic rings. The standard InChI is InChI=1S/C27H21F3N4O5/c1-15-7-3-4-8-16(15)14-34-22(35)18-9-5-6-10-19(18)26(34,39-23(36)27(28,29)30)17-11-12-20-21(13-17)32-24(31-20)33(2)25(37)38/h3-13H,14H2,1-2H3,(H,31,32)(H,37,38). The van der Waals surface area contributed by atoms with E-state index >= 15 is 0 Å². The second-order valence-electron chi connectivity index (χ2n) is 9.03. The first-order valence-corrected chi connectivity index (χ1v) is 11.7. The van der Waals surface area contributed by atoms with Crippen LogP contribution >= 0.6 is 0 Å². The molecule has 200 valence electrons. The minimum Gasteiger partial charge on any atom is -0.465 e. The summed E-state index contributed by atoms with van der Waals surface area (Å²) in [7, 11) is 1.27. The lowest BCUT2D eigenvalue weighted by Crippen LogP contribution is -2.49. The zero-order chi connectivity index (χ0) is 28.1. The van der Waals surface area contributed by atoms with E-state index in [1.807, 2.05) is 0 Å². The Morgan fingerprint density at radius 3 is 2.49 bits per heavy atom. The molecule has 2 N–H and O–H groups in total. The highest BCUT2D eigenvalue weighted by Crippen LogP contribution is 2.47. The first-order chi connectivity index (χ1) is 18.4. The summed E-state index contributed by atoms with van der Waals surface area (Å²) in [6.45, 7) is 1.62. The average Bonchev–Trinajstić information content (AvgIpc) is 3.42. The Hall–Kier alpha value is -4.87. The van der Waals surface area contributed by atoms with Crippen LogP contribution in [0.25, 0.3) is 11.0 Å². The number of nitrogens with one attached hydrogen (secondary N) is 1. The van der Waals surface area contributed by atoms with Crippen LogP contribution in [0.3, 0.4) is 0 Å². The van der Waals surface area contributed by atoms with Crippen LogP contribution in [0.1, 0.15) is 32.6 Å². The highest BCUT2D eigenvalue weighted by atomic mass is 19.4. The number of fused-ring (bicyclic) bond motifs is 2. The molecule has 0 saturated heterocycles. The molecular formula is C27H21F3N4O5. The van der Waals surface area contributed by atoms with Gasteiger partial charge in [-0.05, 0) is 36.2 Å². The van der Waals surface area contributed by atoms with Gasteiger partial charge in [0.2, 0.25) is 11.7 Å². The lowest BCUT2D eigenvalue weighted by molar-refractivity contribution is -0.222. The van der Waals surface area contributed by atoms with Gasteiger partial charge in [0.1, 0.15) is 0 Å². The van der Waals surface area contributed by atoms with Crippen molar-refractivity contribution in [2.75, 3.05) is 11.9 Å². The van der Waals surface area contributed by atoms with Crippen molar-refractivity contribution >= 4 is 35.0 Å². The maximum absolute atomic E-state index is 13.7. The predicted octanol–water partition coefficient (Wildman–Crippen LogP) is 4.95. The zero-order valence-corrected chi connectivity index (χ0v) is 20.6. The number of carboxylic acid groups (broad SMARTS) is 1. The van der Waals surface area contributed by atoms with E-state index in [0.29, 0.717) is 11.1 Å². The lowest BCUT2D eigenvalue weighted by atomic mass is 9.92. The van der Waals surface area contributed by atoms with Gasteiger partial charge in [-0.1, -0.05) is 48.5 Å². The van der Waals surface area contributed by atoms with Crippen LogP contribution in [0.5, 0.6) is 0 Å². The summed E-state index contributed by atoms with van der Waals surface area (Å²) in [6.07, 6.45) is -6.64. The van der Waals surface area contributed by atoms with Gasteiger partial charge in [0.05, 0.1) is 17.6 Å². The summed E-state index contributed by atoms with van der Waals surface area (Å²) in [5.74, 6) is -3.14. The third kappa shape index (κ3) is 4.23. The number of halogens is 3. The predicted molar refractivity (Wildman–Crippen MR) is 133 cm³/mol. The number of amides is 2. The molecule has 0 spiro atoms. The smallest absolute Gasteiger partial charge is 0.465 e. The first kappa shape index (κ1) is 25.8. The number of alkyl halides is 3. The molecule has 0 bridgehead atoms. The summed E-state index contributed by atoms with van der Waals surface area (Å²) < 4.78 is 46.2. The van der Waals surface area contributed by atoms with Gasteiger partial charge >= 0.3 is 18.2 Å². The SMILES string of the molecule is Cc1ccccc1CN1C(=O)c2ccccc2C1(OC(=O)C(F)(F)F)c1ccc2[nH]c(N(C)C(=O)O)nc2c1. The van der Waals surface area contributed by atoms with E-state index in [-0.39, 0.29) is 34.7 Å². The fourth-order valence-corrected chi connectivity index (χ4v) is 4.66. The molecule has 0 fully saturated rings. The molecule has 5 rings (SSSR count). The molecule has 0 saturated carbocycles. The number of H-pyrrole nitrogens is 1. The number of hydrogen-bond acceptors (Lipinski definition) is 5. The molecule has 0 aliphatic carbocycles. The summed E-state index contributed by atoms with van der Waals surface area (Å²) in [4.78, 5) is 46.6. The number of aryl methyl sites for hydroxylation is 1. The van der Waals surface area contributed by atoms with Gasteiger partial charge in [-0.25, -0.2) is 14.6 Å². The van der Waals surface area contributed by atoms with Crippen molar-refractivity contribution in [3.63, 3.8) is 0 Å². The summed E-state index contributed by atoms with van der Waals surface area (Å²) in [6, 6.07) is 17.3. The quantitative estimate of drug-likeness (QED) is 0.348. The molecule has 2 heterocycles. The molecular weight excluding hydrogens is 517 g/mol. The van der Waals surface area contributed by atoms with Gasteiger partial charge in [-0.15, -0.1) is 0 Å². The number of aromatic nitrogens is 2. The van der Waals surface area contributed by atoms with Crippen LogP contribution in [0.4, 0.5) is 23.9 Å². The van der Waals surface area contributed by atoms with Crippen LogP contribution in [-0.2, 0) is 21.8 Å². The van der Waals surface area contributed by atoms with Crippen molar-refractivity contribution in [2.45, 2.75) is 25.4 Å². The second kappa shape index (κ2) is 9.15. The molecule has 2 amide bonds. The molecule has 9 nitrogen and oxygen atoms in total. The normalized spacial score (nSPS) is 16.8. The third-order valence-corrected chi connectivity index (χ3v) is 6.68. The number of nitrogens with zero attached hydrogens (tertiary/aromatic N) is 3. The molecule has 1 atom stereocenters. The number of imidazole rings is 1. The van der Waals surface area contributed by atoms with Crippen molar-refractivity contribution in [3.8, 4) is 0 Å². The maximum atomic E-state index is 13.7. The minimum absolute atomic E-state index is 0.0236. The number of rotatable bonds is 5. The Labute approximate surface area is 219 Å². The fraction of sp³-hybridized carbons (Fsp3) is 0.185. The van der Waals surface area contributed by atoms with E-state index in [1.54, 1.807) is 37.3 Å². The number of ether oxygens (including phenoxy) is 1. The third-order valence-electron chi connectivity index (χ3n) is 6.68. The maximum Gasteiger partial charge on any atom is 0.491 e. The van der Waals surface area contributed by atoms with Crippen molar-refractivity contribution in [1.29, 1.82) is 0 Å². The molecule has 12 heteroatoms. The second-order valence-corrected chi connectivity index (χ2v) is 9.03. The first-order valence-electron chi connectivity index (χ1n) is 11.7. The summed E-state index contributed by atoms with van der Waals surface area (Å²) >= 11 is 0. The highest BCUT2D eigenvalue weighted by molar-refractivity contribution is 6.01. The minimum atomic E-state index is -5.35. The van der Waals surface area contributed by atoms with Crippen LogP contribution in [0.2, 0.25) is 0 Å². The van der Waals surface area contributed by atoms with E-state index in [4.69, 9.17) is 4.74 Å². The van der Waals surface area contributed by atoms with E-state index in [0.717, 1.165) is 15.4 Å². The van der Waals surface area contributed by atoms with Gasteiger partial charge in [0, 0.05) is 23.7 Å². The largest absolute Gasteiger partial charge is 0.491 e. The molecule has 4 aromatic rings. The van der Waals surface area contributed by atoms with Gasteiger partial charge in [0.25, 0.3) is 5.91 Å². The molecule has 1 unspecified atom stereocenters. The zero-order valence-electron chi connectivity index (χ0n) is 20.6. The topological polar surface area (TPSA) is 116 Å². The molecule has 39 heavy (non-hydrogen) atoms. The highest BCUT2D eigenvalue weighted by Gasteiger charge is 2.57. The van der Waals surface area contributed by atoms with Gasteiger partial charge in [-0.3, -0.25) is 14.6 Å². The molecule has 1 aliphatic heterocycles. The van der Waals surface area contributed by atoms with Gasteiger partial charge in [-0.2, -0.15) is 13.2 Å². The van der Waals surface area contributed by atoms with Gasteiger partial charge in [0.15, 0.2) is 0 Å². The Morgan fingerprint density at radius 1 is 1.10 bits per heavy atom. The van der Waals surface area contributed by atoms with Crippen molar-refractivity contribution < 1.29 is 37.4 Å². The average molecular weight is 538 g/mol. The molecule has 0 radical (unpaired) electrons. The number of hydrogen-bond donors (Lipinski definition) is 2. The number of carbonyl (C=O) groups is 3. The van der Waals surface area contributed by atoms with Crippen LogP contribution in [-0.4, -0.2) is 51.2 Å². The number of esters is 1. The summed E-state index contributed by atoms with van der Waals surface area (Å²) in [5.41, 5.74) is -0.162. The van der Waals surface area contributed by atoms with Crippen molar-refractivity contribution in [1.82, 2.24) is 14.9 Å². The molecule has 1 aromatic heterocycles. The lowest BCUT2D eigenvalue weighted by Gasteiger charge is -2.39. The number of anilines is 1. The summed E-state index contributed by atoms with van der Waals surface area (Å²) in [5, 5.41) is 9.30.